The van der Waals surface area contributed by atoms with E-state index in [1.165, 1.54) is 11.1 Å². The molecule has 0 saturated heterocycles. The maximum Gasteiger partial charge on any atom is 0.0270 e. The minimum Gasteiger partial charge on any atom is -0.412 e. The molecular formula is C12H16N2O. The van der Waals surface area contributed by atoms with Crippen LogP contribution >= 0.6 is 0 Å². The molecule has 0 aromatic carbocycles. The Morgan fingerprint density at radius 1 is 0.667 bits per heavy atom. The monoisotopic (exact) mass is 204 g/mol. The van der Waals surface area contributed by atoms with E-state index in [0.29, 0.717) is 0 Å². The fourth-order valence-electron chi connectivity index (χ4n) is 0.853. The highest BCUT2D eigenvalue weighted by Crippen LogP contribution is 1.89. The van der Waals surface area contributed by atoms with Crippen molar-refractivity contribution in [3.63, 3.8) is 0 Å². The molecule has 2 heterocycles. The second kappa shape index (κ2) is 7.64. The van der Waals surface area contributed by atoms with Gasteiger partial charge in [-0.2, -0.15) is 0 Å². The van der Waals surface area contributed by atoms with Crippen LogP contribution in [0.1, 0.15) is 11.1 Å². The Morgan fingerprint density at radius 2 is 0.933 bits per heavy atom. The Morgan fingerprint density at radius 3 is 1.07 bits per heavy atom. The van der Waals surface area contributed by atoms with Crippen molar-refractivity contribution in [2.24, 2.45) is 0 Å². The average Bonchev–Trinajstić information content (AvgIpc) is 2.21. The molecule has 0 aliphatic heterocycles. The van der Waals surface area contributed by atoms with E-state index in [0.717, 1.165) is 0 Å². The summed E-state index contributed by atoms with van der Waals surface area (Å²) in [4.78, 5) is 7.69. The zero-order valence-electron chi connectivity index (χ0n) is 9.01. The van der Waals surface area contributed by atoms with E-state index in [2.05, 4.69) is 9.97 Å². The summed E-state index contributed by atoms with van der Waals surface area (Å²) in [5, 5.41) is 0. The van der Waals surface area contributed by atoms with Crippen molar-refractivity contribution in [2.75, 3.05) is 0 Å². The van der Waals surface area contributed by atoms with E-state index in [4.69, 9.17) is 0 Å². The summed E-state index contributed by atoms with van der Waals surface area (Å²) in [6, 6.07) is 7.89. The van der Waals surface area contributed by atoms with Gasteiger partial charge in [0.2, 0.25) is 0 Å². The third kappa shape index (κ3) is 6.35. The summed E-state index contributed by atoms with van der Waals surface area (Å²) in [6.45, 7) is 4.09. The quantitative estimate of drug-likeness (QED) is 0.658. The Balaban J connectivity index is 0.000000245. The number of pyridine rings is 2. The first-order valence-electron chi connectivity index (χ1n) is 4.52. The lowest BCUT2D eigenvalue weighted by Crippen LogP contribution is -1.68. The highest BCUT2D eigenvalue weighted by Gasteiger charge is 1.73. The Hall–Kier alpha value is -1.74. The molecule has 2 N–H and O–H groups in total. The second-order valence-electron chi connectivity index (χ2n) is 3.05. The molecule has 0 bridgehead atoms. The standard InChI is InChI=1S/2C6H7N.H2O/c2*1-6-2-4-7-5-3-6;/h2*2-5H,1H3;1H2. The van der Waals surface area contributed by atoms with Gasteiger partial charge in [0.05, 0.1) is 0 Å². The first-order valence-corrected chi connectivity index (χ1v) is 4.52. The van der Waals surface area contributed by atoms with Gasteiger partial charge in [-0.3, -0.25) is 9.97 Å². The molecule has 0 aliphatic carbocycles. The van der Waals surface area contributed by atoms with Crippen molar-refractivity contribution < 1.29 is 5.48 Å². The summed E-state index contributed by atoms with van der Waals surface area (Å²) in [5.74, 6) is 0. The molecule has 2 aromatic rings. The summed E-state index contributed by atoms with van der Waals surface area (Å²) >= 11 is 0. The lowest BCUT2D eigenvalue weighted by molar-refractivity contribution is 0.824. The predicted molar refractivity (Wildman–Crippen MR) is 61.6 cm³/mol. The molecule has 0 amide bonds. The van der Waals surface area contributed by atoms with Crippen LogP contribution in [0.2, 0.25) is 0 Å². The van der Waals surface area contributed by atoms with Crippen LogP contribution in [0.5, 0.6) is 0 Å². The van der Waals surface area contributed by atoms with Gasteiger partial charge in [-0.25, -0.2) is 0 Å². The summed E-state index contributed by atoms with van der Waals surface area (Å²) in [7, 11) is 0. The molecule has 0 atom stereocenters. The molecule has 0 fully saturated rings. The summed E-state index contributed by atoms with van der Waals surface area (Å²) in [5.41, 5.74) is 2.52. The van der Waals surface area contributed by atoms with Crippen LogP contribution in [-0.2, 0) is 0 Å². The molecule has 2 aromatic heterocycles. The van der Waals surface area contributed by atoms with Gasteiger partial charge in [-0.15, -0.1) is 0 Å². The third-order valence-electron chi connectivity index (χ3n) is 1.69. The molecule has 0 saturated carbocycles. The summed E-state index contributed by atoms with van der Waals surface area (Å²) in [6.07, 6.45) is 7.15. The normalized spacial score (nSPS) is 8.13. The van der Waals surface area contributed by atoms with Gasteiger partial charge in [0, 0.05) is 24.8 Å². The SMILES string of the molecule is Cc1ccncc1.Cc1ccncc1.O. The first-order chi connectivity index (χ1) is 6.79. The van der Waals surface area contributed by atoms with Crippen LogP contribution in [0.15, 0.2) is 49.1 Å². The second-order valence-corrected chi connectivity index (χ2v) is 3.05. The van der Waals surface area contributed by atoms with Crippen LogP contribution in [0, 0.1) is 13.8 Å². The minimum absolute atomic E-state index is 0. The largest absolute Gasteiger partial charge is 0.412 e. The van der Waals surface area contributed by atoms with E-state index in [-0.39, 0.29) is 5.48 Å². The van der Waals surface area contributed by atoms with Crippen LogP contribution in [0.25, 0.3) is 0 Å². The predicted octanol–water partition coefficient (Wildman–Crippen LogP) is 1.96. The number of aromatic nitrogens is 2. The average molecular weight is 204 g/mol. The van der Waals surface area contributed by atoms with Crippen molar-refractivity contribution in [2.45, 2.75) is 13.8 Å². The molecule has 3 heteroatoms. The van der Waals surface area contributed by atoms with Crippen molar-refractivity contribution >= 4 is 0 Å². The van der Waals surface area contributed by atoms with Gasteiger partial charge in [0.15, 0.2) is 0 Å². The molecule has 3 nitrogen and oxygen atoms in total. The van der Waals surface area contributed by atoms with Gasteiger partial charge >= 0.3 is 0 Å². The number of rotatable bonds is 0. The summed E-state index contributed by atoms with van der Waals surface area (Å²) < 4.78 is 0. The van der Waals surface area contributed by atoms with Crippen LogP contribution in [0.4, 0.5) is 0 Å². The van der Waals surface area contributed by atoms with Crippen molar-refractivity contribution in [1.29, 1.82) is 0 Å². The Bertz CT molecular complexity index is 311. The highest BCUT2D eigenvalue weighted by atomic mass is 16.0. The topological polar surface area (TPSA) is 57.3 Å². The minimum atomic E-state index is 0. The fourth-order valence-corrected chi connectivity index (χ4v) is 0.853. The molecule has 0 spiro atoms. The smallest absolute Gasteiger partial charge is 0.0270 e. The van der Waals surface area contributed by atoms with E-state index < -0.39 is 0 Å². The van der Waals surface area contributed by atoms with Gasteiger partial charge in [-0.05, 0) is 49.2 Å². The maximum atomic E-state index is 3.85. The van der Waals surface area contributed by atoms with Crippen LogP contribution < -0.4 is 0 Å². The van der Waals surface area contributed by atoms with E-state index in [1.54, 1.807) is 24.8 Å². The highest BCUT2D eigenvalue weighted by molar-refractivity contribution is 5.06. The van der Waals surface area contributed by atoms with E-state index >= 15 is 0 Å². The van der Waals surface area contributed by atoms with Gasteiger partial charge in [-0.1, -0.05) is 0 Å². The Labute approximate surface area is 90.1 Å². The maximum absolute atomic E-state index is 3.85. The first kappa shape index (κ1) is 13.3. The van der Waals surface area contributed by atoms with Crippen LogP contribution in [0.3, 0.4) is 0 Å². The Kier molecular flexibility index (Phi) is 6.76. The van der Waals surface area contributed by atoms with Gasteiger partial charge in [0.25, 0.3) is 0 Å². The van der Waals surface area contributed by atoms with Crippen molar-refractivity contribution in [3.05, 3.63) is 60.2 Å². The molecular weight excluding hydrogens is 188 g/mol. The van der Waals surface area contributed by atoms with Crippen molar-refractivity contribution in [3.8, 4) is 0 Å². The third-order valence-corrected chi connectivity index (χ3v) is 1.69. The number of nitrogens with zero attached hydrogens (tertiary/aromatic N) is 2. The van der Waals surface area contributed by atoms with Gasteiger partial charge < -0.3 is 5.48 Å². The molecule has 80 valence electrons. The molecule has 0 unspecified atom stereocenters. The number of hydrogen-bond acceptors (Lipinski definition) is 2. The zero-order valence-corrected chi connectivity index (χ0v) is 9.01. The lowest BCUT2D eigenvalue weighted by atomic mass is 10.3. The molecule has 15 heavy (non-hydrogen) atoms. The lowest BCUT2D eigenvalue weighted by Gasteiger charge is -1.82. The van der Waals surface area contributed by atoms with Crippen molar-refractivity contribution in [1.82, 2.24) is 9.97 Å². The van der Waals surface area contributed by atoms with E-state index in [9.17, 15) is 0 Å². The fraction of sp³-hybridized carbons (Fsp3) is 0.167. The number of hydrogen-bond donors (Lipinski definition) is 0. The zero-order chi connectivity index (χ0) is 10.2. The molecule has 0 radical (unpaired) electrons. The molecule has 0 aliphatic rings. The van der Waals surface area contributed by atoms with Crippen LogP contribution in [-0.4, -0.2) is 15.4 Å². The van der Waals surface area contributed by atoms with Gasteiger partial charge in [0.1, 0.15) is 0 Å². The molecule has 2 rings (SSSR count). The number of aryl methyl sites for hydroxylation is 2. The van der Waals surface area contributed by atoms with E-state index in [1.807, 2.05) is 38.1 Å².